The van der Waals surface area contributed by atoms with Gasteiger partial charge in [-0.05, 0) is 85.8 Å². The standard InChI is InChI=1S/C28H41N5O5S2.C26H36N4O6S2/c1-5-11-20(30-25(36)21-16-28(18-33(21)6-2)39-14-10-15-40-28)24(35)26(37)29-17-22(34)31-23(27(38)32(3)4)19-12-8-7-9-13-19;1-3-9-18(28-23(33)19-14-26(16-30(19)4-2)37-12-8-13-38-26)22(32)24(34)27-15-20(31)29-21(25(35)36)17-10-6-5-7-11-17/h7-9,12-13,20-21,23H,5-6,10-11,14-18H2,1-4H3,(H,29,37)(H,30,36)(H,31,34);5-7,10-11,18-19,21H,3-4,8-9,12-16H2,1-2H3,(H,27,34)(H,28,33)(H,29,31)(H,35,36)/t20?,21-,23-;18?,19-,21-/m00/s1. The lowest BCUT2D eigenvalue weighted by Gasteiger charge is -2.31. The molecule has 4 fully saturated rings. The second-order valence-electron chi connectivity index (χ2n) is 19.7. The van der Waals surface area contributed by atoms with Gasteiger partial charge in [0.1, 0.15) is 6.04 Å². The monoisotopic (exact) mass is 1160 g/mol. The van der Waals surface area contributed by atoms with E-state index >= 15 is 0 Å². The topological polar surface area (TPSA) is 273 Å². The lowest BCUT2D eigenvalue weighted by atomic mass is 10.0. The summed E-state index contributed by atoms with van der Waals surface area (Å²) in [4.78, 5) is 133. The molecule has 428 valence electrons. The Labute approximate surface area is 474 Å². The number of likely N-dealkylation sites (tertiary alicyclic amines) is 2. The van der Waals surface area contributed by atoms with E-state index in [1.807, 2.05) is 74.7 Å². The van der Waals surface area contributed by atoms with Crippen molar-refractivity contribution in [2.45, 2.75) is 123 Å². The second kappa shape index (κ2) is 31.0. The predicted molar refractivity (Wildman–Crippen MR) is 307 cm³/mol. The Hall–Kier alpha value is -5.14. The minimum Gasteiger partial charge on any atom is -0.479 e. The molecule has 6 rings (SSSR count). The highest BCUT2D eigenvalue weighted by molar-refractivity contribution is 8.19. The first-order chi connectivity index (χ1) is 37.3. The number of thioether (sulfide) groups is 4. The summed E-state index contributed by atoms with van der Waals surface area (Å²) in [5.41, 5.74) is 0.976. The van der Waals surface area contributed by atoms with Gasteiger partial charge in [0, 0.05) is 27.2 Å². The summed E-state index contributed by atoms with van der Waals surface area (Å²) in [6.07, 6.45) is 5.47. The van der Waals surface area contributed by atoms with Crippen LogP contribution in [0.4, 0.5) is 0 Å². The summed E-state index contributed by atoms with van der Waals surface area (Å²) in [5, 5.41) is 24.7. The number of benzene rings is 2. The highest BCUT2D eigenvalue weighted by Crippen LogP contribution is 2.51. The number of hydrogen-bond acceptors (Lipinski definition) is 16. The summed E-state index contributed by atoms with van der Waals surface area (Å²) in [6, 6.07) is 12.0. The van der Waals surface area contributed by atoms with Crippen LogP contribution in [0.5, 0.6) is 0 Å². The molecule has 6 atom stereocenters. The van der Waals surface area contributed by atoms with Gasteiger partial charge >= 0.3 is 5.97 Å². The molecule has 0 saturated carbocycles. The molecule has 0 radical (unpaired) electrons. The fourth-order valence-corrected chi connectivity index (χ4v) is 16.5. The summed E-state index contributed by atoms with van der Waals surface area (Å²) in [7, 11) is 3.18. The number of amides is 7. The molecule has 4 aliphatic heterocycles. The van der Waals surface area contributed by atoms with Gasteiger partial charge in [-0.3, -0.25) is 53.0 Å². The molecule has 4 heterocycles. The Balaban J connectivity index is 0.000000288. The van der Waals surface area contributed by atoms with Crippen molar-refractivity contribution in [2.24, 2.45) is 0 Å². The number of carboxylic acid groups (broad SMARTS) is 1. The molecular formula is C54H77N9O11S4. The zero-order chi connectivity index (χ0) is 57.0. The fourth-order valence-electron chi connectivity index (χ4n) is 9.66. The number of likely N-dealkylation sites (N-methyl/N-ethyl adjacent to an activating group) is 3. The summed E-state index contributed by atoms with van der Waals surface area (Å²) in [6.45, 7) is 9.77. The molecule has 2 aromatic rings. The van der Waals surface area contributed by atoms with Crippen LogP contribution in [-0.2, 0) is 47.9 Å². The molecule has 2 aromatic carbocycles. The van der Waals surface area contributed by atoms with E-state index in [0.29, 0.717) is 49.8 Å². The number of carbonyl (C=O) groups excluding carboxylic acids is 9. The van der Waals surface area contributed by atoms with Crippen LogP contribution in [0, 0.1) is 0 Å². The molecule has 24 heteroatoms. The van der Waals surface area contributed by atoms with Gasteiger partial charge in [-0.1, -0.05) is 101 Å². The number of aliphatic carboxylic acids is 1. The van der Waals surface area contributed by atoms with E-state index in [0.717, 1.165) is 49.1 Å². The van der Waals surface area contributed by atoms with E-state index in [9.17, 15) is 53.1 Å². The first-order valence-corrected chi connectivity index (χ1v) is 30.7. The predicted octanol–water partition coefficient (Wildman–Crippen LogP) is 3.12. The maximum atomic E-state index is 13.3. The van der Waals surface area contributed by atoms with Gasteiger partial charge in [0.05, 0.1) is 45.4 Å². The van der Waals surface area contributed by atoms with Gasteiger partial charge in [0.25, 0.3) is 11.8 Å². The zero-order valence-corrected chi connectivity index (χ0v) is 48.7. The number of hydrogen-bond donors (Lipinski definition) is 7. The van der Waals surface area contributed by atoms with Gasteiger partial charge in [0.2, 0.25) is 41.1 Å². The molecule has 2 spiro atoms. The Bertz CT molecular complexity index is 2410. The van der Waals surface area contributed by atoms with Gasteiger partial charge in [-0.15, -0.1) is 47.0 Å². The molecule has 4 aliphatic rings. The summed E-state index contributed by atoms with van der Waals surface area (Å²) < 4.78 is -0.0182. The number of ketones is 2. The van der Waals surface area contributed by atoms with Crippen molar-refractivity contribution in [3.8, 4) is 0 Å². The SMILES string of the molecule is CCCC(NC(=O)[C@@H]1CC2(CN1CC)SCCCS2)C(=O)C(=O)NCC(=O)N[C@H](C(=O)N(C)C)c1ccccc1.CCCC(NC(=O)[C@@H]1CC2(CN1CC)SCCCS2)C(=O)C(=O)NCC(=O)N[C@H](C(=O)O)c1ccccc1. The number of Topliss-reactive ketones (excluding diaryl/α,β-unsaturated/α-hetero) is 2. The van der Waals surface area contributed by atoms with Crippen molar-refractivity contribution < 1.29 is 53.1 Å². The van der Waals surface area contributed by atoms with Crippen LogP contribution >= 0.6 is 47.0 Å². The van der Waals surface area contributed by atoms with Gasteiger partial charge in [-0.2, -0.15) is 0 Å². The Morgan fingerprint density at radius 2 is 0.949 bits per heavy atom. The molecule has 4 saturated heterocycles. The highest BCUT2D eigenvalue weighted by atomic mass is 32.2. The Morgan fingerprint density at radius 1 is 0.577 bits per heavy atom. The average Bonchev–Trinajstić information content (AvgIpc) is 4.05. The lowest BCUT2D eigenvalue weighted by Crippen LogP contribution is -2.53. The number of rotatable bonds is 24. The molecule has 0 bridgehead atoms. The van der Waals surface area contributed by atoms with Crippen LogP contribution in [0.3, 0.4) is 0 Å². The smallest absolute Gasteiger partial charge is 0.330 e. The lowest BCUT2D eigenvalue weighted by molar-refractivity contribution is -0.142. The minimum absolute atomic E-state index is 0.00314. The fraction of sp³-hybridized carbons (Fsp3) is 0.593. The van der Waals surface area contributed by atoms with Crippen molar-refractivity contribution in [2.75, 3.05) is 76.4 Å². The van der Waals surface area contributed by atoms with Crippen LogP contribution in [0.15, 0.2) is 60.7 Å². The van der Waals surface area contributed by atoms with Crippen LogP contribution in [0.2, 0.25) is 0 Å². The number of carboxylic acids is 1. The maximum absolute atomic E-state index is 13.3. The van der Waals surface area contributed by atoms with Crippen molar-refractivity contribution in [3.05, 3.63) is 71.8 Å². The molecule has 0 aromatic heterocycles. The van der Waals surface area contributed by atoms with Crippen molar-refractivity contribution >= 4 is 106 Å². The van der Waals surface area contributed by atoms with E-state index in [1.165, 1.54) is 11.3 Å². The molecular weight excluding hydrogens is 1080 g/mol. The van der Waals surface area contributed by atoms with Crippen molar-refractivity contribution in [1.29, 1.82) is 0 Å². The molecule has 7 N–H and O–H groups in total. The number of carbonyl (C=O) groups is 10. The Kier molecular flexibility index (Phi) is 25.3. The number of nitrogens with one attached hydrogen (secondary N) is 6. The number of nitrogens with zero attached hydrogens (tertiary/aromatic N) is 3. The normalized spacial score (nSPS) is 20.1. The van der Waals surface area contributed by atoms with Gasteiger partial charge < -0.3 is 41.9 Å². The van der Waals surface area contributed by atoms with Crippen LogP contribution in [0.1, 0.15) is 102 Å². The molecule has 20 nitrogen and oxygen atoms in total. The average molecular weight is 1160 g/mol. The third-order valence-corrected chi connectivity index (χ3v) is 20.4. The highest BCUT2D eigenvalue weighted by Gasteiger charge is 2.50. The van der Waals surface area contributed by atoms with E-state index < -0.39 is 78.4 Å². The first-order valence-electron chi connectivity index (χ1n) is 26.7. The maximum Gasteiger partial charge on any atom is 0.330 e. The third kappa shape index (κ3) is 17.9. The molecule has 0 aliphatic carbocycles. The second-order valence-corrected chi connectivity index (χ2v) is 26.1. The van der Waals surface area contributed by atoms with Crippen molar-refractivity contribution in [3.63, 3.8) is 0 Å². The first kappa shape index (κ1) is 63.7. The van der Waals surface area contributed by atoms with E-state index in [-0.39, 0.29) is 44.4 Å². The quantitative estimate of drug-likeness (QED) is 0.0744. The summed E-state index contributed by atoms with van der Waals surface area (Å²) in [5.74, 6) is -2.71. The molecule has 7 amide bonds. The molecule has 78 heavy (non-hydrogen) atoms. The van der Waals surface area contributed by atoms with E-state index in [2.05, 4.69) is 41.7 Å². The van der Waals surface area contributed by atoms with E-state index in [4.69, 9.17) is 0 Å². The third-order valence-electron chi connectivity index (χ3n) is 13.7. The van der Waals surface area contributed by atoms with Crippen LogP contribution < -0.4 is 31.9 Å². The van der Waals surface area contributed by atoms with Crippen molar-refractivity contribution in [1.82, 2.24) is 46.6 Å². The van der Waals surface area contributed by atoms with Crippen LogP contribution in [-0.4, -0.2) is 187 Å². The zero-order valence-electron chi connectivity index (χ0n) is 45.5. The van der Waals surface area contributed by atoms with Crippen LogP contribution in [0.25, 0.3) is 0 Å². The van der Waals surface area contributed by atoms with Gasteiger partial charge in [0.15, 0.2) is 6.04 Å². The van der Waals surface area contributed by atoms with E-state index in [1.54, 1.807) is 74.8 Å². The Morgan fingerprint density at radius 3 is 1.29 bits per heavy atom. The largest absolute Gasteiger partial charge is 0.479 e. The van der Waals surface area contributed by atoms with Gasteiger partial charge in [-0.25, -0.2) is 4.79 Å². The summed E-state index contributed by atoms with van der Waals surface area (Å²) >= 11 is 7.64. The minimum atomic E-state index is -1.29. The molecule has 2 unspecified atom stereocenters.